The SMILES string of the molecule is CCC(CNC(=O)c1ccccc1N)Oc1ccccc1C.Cl. The minimum absolute atomic E-state index is 0. The standard InChI is InChI=1S/C18H22N2O2.ClH/c1-3-14(22-17-11-7-4-8-13(17)2)12-20-18(21)15-9-5-6-10-16(15)19;/h4-11,14H,3,12,19H2,1-2H3,(H,20,21);1H. The van der Waals surface area contributed by atoms with Crippen molar-refractivity contribution >= 4 is 24.0 Å². The van der Waals surface area contributed by atoms with E-state index in [-0.39, 0.29) is 24.4 Å². The number of para-hydroxylation sites is 2. The molecule has 23 heavy (non-hydrogen) atoms. The minimum Gasteiger partial charge on any atom is -0.488 e. The molecule has 2 aromatic rings. The maximum atomic E-state index is 12.2. The van der Waals surface area contributed by atoms with Gasteiger partial charge in [-0.15, -0.1) is 12.4 Å². The second-order valence-corrected chi connectivity index (χ2v) is 5.21. The van der Waals surface area contributed by atoms with Crippen LogP contribution in [0.1, 0.15) is 29.3 Å². The lowest BCUT2D eigenvalue weighted by atomic mass is 10.1. The number of nitrogens with one attached hydrogen (secondary N) is 1. The largest absolute Gasteiger partial charge is 0.488 e. The van der Waals surface area contributed by atoms with Crippen molar-refractivity contribution in [2.45, 2.75) is 26.4 Å². The molecule has 0 aliphatic carbocycles. The molecule has 0 saturated heterocycles. The summed E-state index contributed by atoms with van der Waals surface area (Å²) in [4.78, 5) is 12.2. The summed E-state index contributed by atoms with van der Waals surface area (Å²) in [6.07, 6.45) is 0.730. The van der Waals surface area contributed by atoms with Gasteiger partial charge in [0.15, 0.2) is 0 Å². The van der Waals surface area contributed by atoms with Gasteiger partial charge in [-0.05, 0) is 37.1 Å². The Labute approximate surface area is 143 Å². The Kier molecular flexibility index (Phi) is 7.42. The number of aryl methyl sites for hydroxylation is 1. The van der Waals surface area contributed by atoms with E-state index in [1.165, 1.54) is 0 Å². The lowest BCUT2D eigenvalue weighted by molar-refractivity contribution is 0.0926. The van der Waals surface area contributed by atoms with E-state index in [9.17, 15) is 4.79 Å². The summed E-state index contributed by atoms with van der Waals surface area (Å²) in [5.41, 5.74) is 7.87. The van der Waals surface area contributed by atoms with E-state index in [4.69, 9.17) is 10.5 Å². The summed E-state index contributed by atoms with van der Waals surface area (Å²) < 4.78 is 5.96. The molecule has 1 atom stereocenters. The molecule has 2 aromatic carbocycles. The number of rotatable bonds is 6. The molecule has 0 aromatic heterocycles. The number of nitrogen functional groups attached to an aromatic ring is 1. The van der Waals surface area contributed by atoms with Crippen molar-refractivity contribution in [2.24, 2.45) is 0 Å². The van der Waals surface area contributed by atoms with E-state index < -0.39 is 0 Å². The van der Waals surface area contributed by atoms with Crippen molar-refractivity contribution in [3.05, 3.63) is 59.7 Å². The zero-order valence-corrected chi connectivity index (χ0v) is 14.2. The highest BCUT2D eigenvalue weighted by Gasteiger charge is 2.13. The van der Waals surface area contributed by atoms with Crippen LogP contribution in [-0.2, 0) is 0 Å². The summed E-state index contributed by atoms with van der Waals surface area (Å²) in [5, 5.41) is 2.89. The molecular formula is C18H23ClN2O2. The fourth-order valence-corrected chi connectivity index (χ4v) is 2.14. The summed E-state index contributed by atoms with van der Waals surface area (Å²) in [7, 11) is 0. The van der Waals surface area contributed by atoms with Crippen LogP contribution >= 0.6 is 12.4 Å². The van der Waals surface area contributed by atoms with E-state index in [0.717, 1.165) is 17.7 Å². The highest BCUT2D eigenvalue weighted by atomic mass is 35.5. The van der Waals surface area contributed by atoms with Crippen molar-refractivity contribution < 1.29 is 9.53 Å². The predicted octanol–water partition coefficient (Wildman–Crippen LogP) is 3.59. The summed E-state index contributed by atoms with van der Waals surface area (Å²) in [6.45, 7) is 4.48. The predicted molar refractivity (Wildman–Crippen MR) is 96.3 cm³/mol. The number of hydrogen-bond donors (Lipinski definition) is 2. The molecule has 0 aliphatic heterocycles. The van der Waals surface area contributed by atoms with Crippen LogP contribution < -0.4 is 15.8 Å². The fraction of sp³-hybridized carbons (Fsp3) is 0.278. The van der Waals surface area contributed by atoms with E-state index in [1.807, 2.05) is 44.2 Å². The third-order valence-corrected chi connectivity index (χ3v) is 3.54. The van der Waals surface area contributed by atoms with Crippen molar-refractivity contribution in [1.82, 2.24) is 5.32 Å². The van der Waals surface area contributed by atoms with Crippen LogP contribution in [0, 0.1) is 6.92 Å². The van der Waals surface area contributed by atoms with Crippen molar-refractivity contribution in [1.29, 1.82) is 0 Å². The first-order valence-electron chi connectivity index (χ1n) is 7.46. The average molecular weight is 335 g/mol. The number of benzene rings is 2. The Balaban J connectivity index is 0.00000264. The first kappa shape index (κ1) is 18.8. The first-order valence-corrected chi connectivity index (χ1v) is 7.46. The van der Waals surface area contributed by atoms with Gasteiger partial charge in [0.25, 0.3) is 5.91 Å². The van der Waals surface area contributed by atoms with E-state index in [2.05, 4.69) is 5.32 Å². The molecule has 0 heterocycles. The second kappa shape index (κ2) is 9.06. The third-order valence-electron chi connectivity index (χ3n) is 3.54. The molecule has 0 bridgehead atoms. The highest BCUT2D eigenvalue weighted by molar-refractivity contribution is 5.99. The van der Waals surface area contributed by atoms with Crippen molar-refractivity contribution in [3.8, 4) is 5.75 Å². The molecular weight excluding hydrogens is 312 g/mol. The average Bonchev–Trinajstić information content (AvgIpc) is 2.53. The Bertz CT molecular complexity index is 646. The topological polar surface area (TPSA) is 64.4 Å². The lowest BCUT2D eigenvalue weighted by Crippen LogP contribution is -2.35. The molecule has 4 nitrogen and oxygen atoms in total. The van der Waals surface area contributed by atoms with Crippen LogP contribution in [0.4, 0.5) is 5.69 Å². The van der Waals surface area contributed by atoms with Gasteiger partial charge in [0.2, 0.25) is 0 Å². The van der Waals surface area contributed by atoms with Gasteiger partial charge >= 0.3 is 0 Å². The third kappa shape index (κ3) is 5.18. The van der Waals surface area contributed by atoms with Crippen LogP contribution in [0.15, 0.2) is 48.5 Å². The van der Waals surface area contributed by atoms with Crippen LogP contribution in [0.5, 0.6) is 5.75 Å². The van der Waals surface area contributed by atoms with Crippen LogP contribution in [-0.4, -0.2) is 18.6 Å². The number of hydrogen-bond acceptors (Lipinski definition) is 3. The molecule has 1 amide bonds. The number of amides is 1. The molecule has 124 valence electrons. The molecule has 0 fully saturated rings. The quantitative estimate of drug-likeness (QED) is 0.793. The van der Waals surface area contributed by atoms with Crippen LogP contribution in [0.3, 0.4) is 0 Å². The van der Waals surface area contributed by atoms with Gasteiger partial charge in [-0.2, -0.15) is 0 Å². The smallest absolute Gasteiger partial charge is 0.253 e. The Morgan fingerprint density at radius 1 is 1.17 bits per heavy atom. The van der Waals surface area contributed by atoms with Crippen molar-refractivity contribution in [2.75, 3.05) is 12.3 Å². The van der Waals surface area contributed by atoms with Crippen LogP contribution in [0.2, 0.25) is 0 Å². The number of carbonyl (C=O) groups is 1. The van der Waals surface area contributed by atoms with Crippen LogP contribution in [0.25, 0.3) is 0 Å². The Hall–Kier alpha value is -2.20. The minimum atomic E-state index is -0.176. The Morgan fingerprint density at radius 3 is 2.48 bits per heavy atom. The monoisotopic (exact) mass is 334 g/mol. The summed E-state index contributed by atoms with van der Waals surface area (Å²) in [5.74, 6) is 0.674. The summed E-state index contributed by atoms with van der Waals surface area (Å²) in [6, 6.07) is 14.9. The van der Waals surface area contributed by atoms with Gasteiger partial charge in [0.05, 0.1) is 12.1 Å². The molecule has 0 saturated carbocycles. The van der Waals surface area contributed by atoms with Gasteiger partial charge in [0, 0.05) is 5.69 Å². The molecule has 1 unspecified atom stereocenters. The van der Waals surface area contributed by atoms with E-state index in [1.54, 1.807) is 18.2 Å². The molecule has 0 aliphatic rings. The van der Waals surface area contributed by atoms with Gasteiger partial charge in [-0.1, -0.05) is 37.3 Å². The molecule has 5 heteroatoms. The zero-order chi connectivity index (χ0) is 15.9. The highest BCUT2D eigenvalue weighted by Crippen LogP contribution is 2.18. The first-order chi connectivity index (χ1) is 10.6. The maximum absolute atomic E-state index is 12.2. The molecule has 0 spiro atoms. The second-order valence-electron chi connectivity index (χ2n) is 5.21. The van der Waals surface area contributed by atoms with E-state index in [0.29, 0.717) is 17.8 Å². The lowest BCUT2D eigenvalue weighted by Gasteiger charge is -2.19. The number of anilines is 1. The molecule has 2 rings (SSSR count). The zero-order valence-electron chi connectivity index (χ0n) is 13.4. The maximum Gasteiger partial charge on any atom is 0.253 e. The number of nitrogens with two attached hydrogens (primary N) is 1. The number of ether oxygens (including phenoxy) is 1. The van der Waals surface area contributed by atoms with Gasteiger partial charge in [0.1, 0.15) is 11.9 Å². The molecule has 3 N–H and O–H groups in total. The van der Waals surface area contributed by atoms with Gasteiger partial charge in [-0.25, -0.2) is 0 Å². The number of halogens is 1. The summed E-state index contributed by atoms with van der Waals surface area (Å²) >= 11 is 0. The van der Waals surface area contributed by atoms with Gasteiger partial charge < -0.3 is 15.8 Å². The van der Waals surface area contributed by atoms with Gasteiger partial charge in [-0.3, -0.25) is 4.79 Å². The Morgan fingerprint density at radius 2 is 1.83 bits per heavy atom. The normalized spacial score (nSPS) is 11.2. The molecule has 0 radical (unpaired) electrons. The van der Waals surface area contributed by atoms with E-state index >= 15 is 0 Å². The fourth-order valence-electron chi connectivity index (χ4n) is 2.14. The number of carbonyl (C=O) groups excluding carboxylic acids is 1. The van der Waals surface area contributed by atoms with Crippen molar-refractivity contribution in [3.63, 3.8) is 0 Å².